The molecule has 0 N–H and O–H groups in total. The first-order chi connectivity index (χ1) is 6.09. The van der Waals surface area contributed by atoms with Crippen molar-refractivity contribution in [1.82, 2.24) is 0 Å². The summed E-state index contributed by atoms with van der Waals surface area (Å²) in [7, 11) is 0. The summed E-state index contributed by atoms with van der Waals surface area (Å²) in [6, 6.07) is 1.85. The zero-order valence-corrected chi connectivity index (χ0v) is 8.16. The van der Waals surface area contributed by atoms with Crippen molar-refractivity contribution in [2.45, 2.75) is 27.4 Å². The van der Waals surface area contributed by atoms with Gasteiger partial charge in [0.25, 0.3) is 0 Å². The predicted octanol–water partition coefficient (Wildman–Crippen LogP) is 2.29. The molecular formula is C10H14O3. The molecule has 1 aromatic rings. The third kappa shape index (κ3) is 2.93. The van der Waals surface area contributed by atoms with Crippen molar-refractivity contribution in [1.29, 1.82) is 0 Å². The van der Waals surface area contributed by atoms with Gasteiger partial charge in [-0.25, -0.2) is 0 Å². The van der Waals surface area contributed by atoms with Crippen LogP contribution in [0.25, 0.3) is 0 Å². The molecule has 0 aliphatic carbocycles. The van der Waals surface area contributed by atoms with E-state index in [1.807, 2.05) is 26.8 Å². The van der Waals surface area contributed by atoms with E-state index in [1.165, 1.54) is 0 Å². The van der Waals surface area contributed by atoms with Crippen molar-refractivity contribution in [3.63, 3.8) is 0 Å². The molecule has 13 heavy (non-hydrogen) atoms. The highest BCUT2D eigenvalue weighted by Gasteiger charge is 2.08. The van der Waals surface area contributed by atoms with E-state index in [-0.39, 0.29) is 11.9 Å². The molecule has 1 aromatic heterocycles. The normalized spacial score (nSPS) is 10.5. The number of furan rings is 1. The van der Waals surface area contributed by atoms with Crippen molar-refractivity contribution in [2.75, 3.05) is 0 Å². The molecule has 0 unspecified atom stereocenters. The van der Waals surface area contributed by atoms with Gasteiger partial charge in [-0.2, -0.15) is 0 Å². The topological polar surface area (TPSA) is 39.4 Å². The van der Waals surface area contributed by atoms with Gasteiger partial charge in [-0.1, -0.05) is 13.8 Å². The molecule has 0 amide bonds. The van der Waals surface area contributed by atoms with E-state index in [0.29, 0.717) is 6.61 Å². The zero-order valence-electron chi connectivity index (χ0n) is 8.16. The van der Waals surface area contributed by atoms with Crippen molar-refractivity contribution < 1.29 is 13.9 Å². The van der Waals surface area contributed by atoms with Crippen LogP contribution in [0.15, 0.2) is 16.7 Å². The fraction of sp³-hybridized carbons (Fsp3) is 0.500. The van der Waals surface area contributed by atoms with Gasteiger partial charge in [0.05, 0.1) is 12.2 Å². The Hall–Kier alpha value is -1.25. The van der Waals surface area contributed by atoms with Crippen LogP contribution in [0.4, 0.5) is 0 Å². The lowest BCUT2D eigenvalue weighted by Gasteiger charge is -2.04. The summed E-state index contributed by atoms with van der Waals surface area (Å²) in [4.78, 5) is 11.1. The predicted molar refractivity (Wildman–Crippen MR) is 48.1 cm³/mol. The first-order valence-corrected chi connectivity index (χ1v) is 4.30. The molecule has 0 aliphatic rings. The Labute approximate surface area is 77.7 Å². The summed E-state index contributed by atoms with van der Waals surface area (Å²) in [6.07, 6.45) is 1.60. The molecule has 0 spiro atoms. The zero-order chi connectivity index (χ0) is 9.84. The Kier molecular flexibility index (Phi) is 3.12. The van der Waals surface area contributed by atoms with E-state index in [9.17, 15) is 4.79 Å². The summed E-state index contributed by atoms with van der Waals surface area (Å²) in [5.41, 5.74) is 0.895. The van der Waals surface area contributed by atoms with Crippen LogP contribution in [-0.2, 0) is 16.1 Å². The molecule has 1 heterocycles. The monoisotopic (exact) mass is 182 g/mol. The Morgan fingerprint density at radius 2 is 2.31 bits per heavy atom. The average Bonchev–Trinajstić information content (AvgIpc) is 2.47. The lowest BCUT2D eigenvalue weighted by molar-refractivity contribution is -0.148. The van der Waals surface area contributed by atoms with Gasteiger partial charge < -0.3 is 9.15 Å². The molecule has 0 saturated carbocycles. The fourth-order valence-corrected chi connectivity index (χ4v) is 0.895. The average molecular weight is 182 g/mol. The van der Waals surface area contributed by atoms with Crippen LogP contribution in [0.5, 0.6) is 0 Å². The highest BCUT2D eigenvalue weighted by atomic mass is 16.5. The largest absolute Gasteiger partial charge is 0.469 e. The minimum Gasteiger partial charge on any atom is -0.469 e. The third-order valence-corrected chi connectivity index (χ3v) is 1.64. The quantitative estimate of drug-likeness (QED) is 0.673. The van der Waals surface area contributed by atoms with Crippen molar-refractivity contribution in [3.8, 4) is 0 Å². The Bertz CT molecular complexity index is 286. The van der Waals surface area contributed by atoms with E-state index in [0.717, 1.165) is 11.3 Å². The number of carbonyl (C=O) groups excluding carboxylic acids is 1. The minimum atomic E-state index is -0.182. The fourth-order valence-electron chi connectivity index (χ4n) is 0.895. The second-order valence-electron chi connectivity index (χ2n) is 3.33. The Morgan fingerprint density at radius 1 is 1.62 bits per heavy atom. The van der Waals surface area contributed by atoms with Gasteiger partial charge in [-0.15, -0.1) is 0 Å². The molecule has 1 rings (SSSR count). The van der Waals surface area contributed by atoms with Crippen LogP contribution < -0.4 is 0 Å². The summed E-state index contributed by atoms with van der Waals surface area (Å²) in [6.45, 7) is 5.77. The molecule has 72 valence electrons. The van der Waals surface area contributed by atoms with E-state index in [2.05, 4.69) is 0 Å². The van der Waals surface area contributed by atoms with E-state index < -0.39 is 0 Å². The number of esters is 1. The summed E-state index contributed by atoms with van der Waals surface area (Å²) in [5.74, 6) is 0.572. The second kappa shape index (κ2) is 4.12. The lowest BCUT2D eigenvalue weighted by atomic mass is 10.2. The Balaban J connectivity index is 2.39. The van der Waals surface area contributed by atoms with Crippen molar-refractivity contribution in [2.24, 2.45) is 5.92 Å². The first-order valence-electron chi connectivity index (χ1n) is 4.30. The number of ether oxygens (including phenoxy) is 1. The molecule has 0 fully saturated rings. The highest BCUT2D eigenvalue weighted by Crippen LogP contribution is 2.08. The number of hydrogen-bond acceptors (Lipinski definition) is 3. The van der Waals surface area contributed by atoms with Crippen molar-refractivity contribution >= 4 is 5.97 Å². The van der Waals surface area contributed by atoms with Gasteiger partial charge >= 0.3 is 5.97 Å². The molecule has 0 aliphatic heterocycles. The maximum atomic E-state index is 11.1. The SMILES string of the molecule is Cc1cc(COC(=O)C(C)C)co1. The van der Waals surface area contributed by atoms with Crippen LogP contribution in [0.3, 0.4) is 0 Å². The standard InChI is InChI=1S/C10H14O3/c1-7(2)10(11)13-6-9-4-8(3)12-5-9/h4-5,7H,6H2,1-3H3. The van der Waals surface area contributed by atoms with Crippen LogP contribution in [0, 0.1) is 12.8 Å². The van der Waals surface area contributed by atoms with E-state index in [4.69, 9.17) is 9.15 Å². The smallest absolute Gasteiger partial charge is 0.308 e. The second-order valence-corrected chi connectivity index (χ2v) is 3.33. The number of carbonyl (C=O) groups is 1. The van der Waals surface area contributed by atoms with Gasteiger partial charge in [-0.3, -0.25) is 4.79 Å². The van der Waals surface area contributed by atoms with Gasteiger partial charge in [-0.05, 0) is 13.0 Å². The summed E-state index contributed by atoms with van der Waals surface area (Å²) in [5, 5.41) is 0. The highest BCUT2D eigenvalue weighted by molar-refractivity contribution is 5.71. The van der Waals surface area contributed by atoms with Crippen molar-refractivity contribution in [3.05, 3.63) is 23.7 Å². The number of hydrogen-bond donors (Lipinski definition) is 0. The van der Waals surface area contributed by atoms with Gasteiger partial charge in [0, 0.05) is 5.56 Å². The molecule has 3 heteroatoms. The maximum Gasteiger partial charge on any atom is 0.308 e. The number of rotatable bonds is 3. The third-order valence-electron chi connectivity index (χ3n) is 1.64. The molecule has 0 bridgehead atoms. The van der Waals surface area contributed by atoms with Crippen LogP contribution in [-0.4, -0.2) is 5.97 Å². The molecule has 0 aromatic carbocycles. The van der Waals surface area contributed by atoms with Gasteiger partial charge in [0.2, 0.25) is 0 Å². The molecule has 0 atom stereocenters. The molecular weight excluding hydrogens is 168 g/mol. The molecule has 0 saturated heterocycles. The summed E-state index contributed by atoms with van der Waals surface area (Å²) < 4.78 is 10.1. The number of aryl methyl sites for hydroxylation is 1. The Morgan fingerprint density at radius 3 is 2.77 bits per heavy atom. The summed E-state index contributed by atoms with van der Waals surface area (Å²) >= 11 is 0. The van der Waals surface area contributed by atoms with E-state index in [1.54, 1.807) is 6.26 Å². The van der Waals surface area contributed by atoms with Crippen LogP contribution in [0.1, 0.15) is 25.2 Å². The van der Waals surface area contributed by atoms with Gasteiger partial charge in [0.1, 0.15) is 12.4 Å². The van der Waals surface area contributed by atoms with Crippen LogP contribution in [0.2, 0.25) is 0 Å². The van der Waals surface area contributed by atoms with E-state index >= 15 is 0 Å². The lowest BCUT2D eigenvalue weighted by Crippen LogP contribution is -2.10. The van der Waals surface area contributed by atoms with Gasteiger partial charge in [0.15, 0.2) is 0 Å². The van der Waals surface area contributed by atoms with Crippen LogP contribution >= 0.6 is 0 Å². The molecule has 3 nitrogen and oxygen atoms in total. The maximum absolute atomic E-state index is 11.1. The minimum absolute atomic E-state index is 0.0759. The molecule has 0 radical (unpaired) electrons. The first kappa shape index (κ1) is 9.84.